The van der Waals surface area contributed by atoms with Crippen LogP contribution < -0.4 is 5.73 Å². The number of aliphatic hydroxyl groups excluding tert-OH is 3. The number of nitrogens with two attached hydrogens (primary N) is 1. The van der Waals surface area contributed by atoms with Crippen LogP contribution in [0, 0.1) is 11.8 Å². The third kappa shape index (κ3) is 15.4. The minimum atomic E-state index is -1.86. The molecule has 1 aliphatic rings. The zero-order valence-corrected chi connectivity index (χ0v) is 28.1. The predicted octanol–water partition coefficient (Wildman–Crippen LogP) is 3.68. The van der Waals surface area contributed by atoms with Gasteiger partial charge in [0.15, 0.2) is 0 Å². The first kappa shape index (κ1) is 41.7. The number of carbonyl (C=O) groups is 5. The second-order valence-corrected chi connectivity index (χ2v) is 12.3. The van der Waals surface area contributed by atoms with Gasteiger partial charge in [0.05, 0.1) is 18.1 Å². The van der Waals surface area contributed by atoms with Crippen molar-refractivity contribution in [2.24, 2.45) is 17.6 Å². The Bertz CT molecular complexity index is 1230. The van der Waals surface area contributed by atoms with E-state index in [0.29, 0.717) is 12.8 Å². The number of alkyl halides is 2. The van der Waals surface area contributed by atoms with E-state index >= 15 is 0 Å². The van der Waals surface area contributed by atoms with Crippen molar-refractivity contribution in [1.29, 1.82) is 0 Å². The van der Waals surface area contributed by atoms with Gasteiger partial charge in [0.1, 0.15) is 23.7 Å². The lowest BCUT2D eigenvalue weighted by atomic mass is 9.85. The molecule has 6 N–H and O–H groups in total. The number of amides is 1. The first-order valence-electron chi connectivity index (χ1n) is 15.2. The second-order valence-electron chi connectivity index (χ2n) is 11.2. The quantitative estimate of drug-likeness (QED) is 0.0327. The largest absolute Gasteiger partial charge is 0.481 e. The number of hydrogen-bond donors (Lipinski definition) is 5. The van der Waals surface area contributed by atoms with Gasteiger partial charge < -0.3 is 35.6 Å². The number of carboxylic acid groups (broad SMARTS) is 1. The monoisotopic (exact) mass is 701 g/mol. The highest BCUT2D eigenvalue weighted by molar-refractivity contribution is 6.41. The Morgan fingerprint density at radius 2 is 1.66 bits per heavy atom. The zero-order chi connectivity index (χ0) is 35.7. The van der Waals surface area contributed by atoms with Gasteiger partial charge in [-0.1, -0.05) is 62.0 Å². The lowest BCUT2D eigenvalue weighted by molar-refractivity contribution is -0.159. The van der Waals surface area contributed by atoms with Crippen LogP contribution >= 0.6 is 23.2 Å². The SMILES string of the molecule is CCC=CC(OC(N)=O)C(Cl)C(O)CC(O)C(=O)C(=O)C(C)C(Cl)C/C=C/C=C(C)/C=C/C=C/C(=O)OC1CC(C(=O)O)CCC1O. The number of aliphatic hydroxyl groups is 3. The summed E-state index contributed by atoms with van der Waals surface area (Å²) in [4.78, 5) is 59.7. The second kappa shape index (κ2) is 21.6. The summed E-state index contributed by atoms with van der Waals surface area (Å²) in [5.41, 5.74) is 5.84. The summed E-state index contributed by atoms with van der Waals surface area (Å²) in [7, 11) is 0. The fraction of sp³-hybridized carbons (Fsp3) is 0.545. The number of ketones is 2. The van der Waals surface area contributed by atoms with Gasteiger partial charge in [0.25, 0.3) is 0 Å². The van der Waals surface area contributed by atoms with Crippen LogP contribution in [0.2, 0.25) is 0 Å². The molecular formula is C33H45Cl2NO11. The summed E-state index contributed by atoms with van der Waals surface area (Å²) in [5.74, 6) is -5.35. The van der Waals surface area contributed by atoms with Crippen molar-refractivity contribution in [3.63, 3.8) is 0 Å². The van der Waals surface area contributed by atoms with Crippen LogP contribution in [0.1, 0.15) is 59.3 Å². The predicted molar refractivity (Wildman–Crippen MR) is 176 cm³/mol. The summed E-state index contributed by atoms with van der Waals surface area (Å²) < 4.78 is 10.1. The molecule has 0 aliphatic heterocycles. The van der Waals surface area contributed by atoms with Crippen LogP contribution in [0.3, 0.4) is 0 Å². The van der Waals surface area contributed by atoms with Crippen LogP contribution in [0.15, 0.2) is 60.3 Å². The molecule has 0 aromatic carbocycles. The van der Waals surface area contributed by atoms with Gasteiger partial charge in [0, 0.05) is 30.2 Å². The number of ether oxygens (including phenoxy) is 2. The number of carbonyl (C=O) groups excluding carboxylic acids is 4. The molecule has 1 rings (SSSR count). The van der Waals surface area contributed by atoms with Crippen molar-refractivity contribution in [3.8, 4) is 0 Å². The molecule has 1 fully saturated rings. The van der Waals surface area contributed by atoms with Crippen molar-refractivity contribution in [2.75, 3.05) is 0 Å². The molecule has 1 amide bonds. The molecule has 0 heterocycles. The molecule has 0 saturated heterocycles. The Kier molecular flexibility index (Phi) is 19.1. The topological polar surface area (TPSA) is 211 Å². The maximum absolute atomic E-state index is 12.7. The number of rotatable bonds is 19. The molecule has 12 nitrogen and oxygen atoms in total. The highest BCUT2D eigenvalue weighted by atomic mass is 35.5. The van der Waals surface area contributed by atoms with Crippen molar-refractivity contribution < 1.29 is 53.9 Å². The summed E-state index contributed by atoms with van der Waals surface area (Å²) in [6.45, 7) is 5.07. The number of halogens is 2. The average Bonchev–Trinajstić information content (AvgIpc) is 3.02. The van der Waals surface area contributed by atoms with E-state index < -0.39 is 89.1 Å². The van der Waals surface area contributed by atoms with Gasteiger partial charge in [-0.3, -0.25) is 14.4 Å². The van der Waals surface area contributed by atoms with Gasteiger partial charge >= 0.3 is 18.0 Å². The first-order valence-corrected chi connectivity index (χ1v) is 16.1. The van der Waals surface area contributed by atoms with E-state index in [1.807, 2.05) is 6.92 Å². The number of Topliss-reactive ketones (excluding diaryl/α,β-unsaturated/α-hetero) is 2. The highest BCUT2D eigenvalue weighted by Gasteiger charge is 2.36. The van der Waals surface area contributed by atoms with Crippen molar-refractivity contribution >= 4 is 52.8 Å². The zero-order valence-electron chi connectivity index (χ0n) is 26.6. The van der Waals surface area contributed by atoms with Gasteiger partial charge in [-0.05, 0) is 38.7 Å². The highest BCUT2D eigenvalue weighted by Crippen LogP contribution is 2.27. The van der Waals surface area contributed by atoms with Crippen LogP contribution in [0.25, 0.3) is 0 Å². The Hall–Kier alpha value is -3.29. The van der Waals surface area contributed by atoms with E-state index in [1.165, 1.54) is 25.2 Å². The van der Waals surface area contributed by atoms with Crippen LogP contribution in [-0.2, 0) is 28.7 Å². The minimum absolute atomic E-state index is 0.0578. The Morgan fingerprint density at radius 1 is 1.00 bits per heavy atom. The molecule has 0 aromatic heterocycles. The van der Waals surface area contributed by atoms with Crippen molar-refractivity contribution in [3.05, 3.63) is 60.3 Å². The Labute approximate surface area is 284 Å². The lowest BCUT2D eigenvalue weighted by Crippen LogP contribution is -2.42. The van der Waals surface area contributed by atoms with E-state index in [4.69, 9.17) is 43.5 Å². The molecule has 0 bridgehead atoms. The third-order valence-corrected chi connectivity index (χ3v) is 8.49. The van der Waals surface area contributed by atoms with E-state index in [-0.39, 0.29) is 19.3 Å². The molecule has 262 valence electrons. The summed E-state index contributed by atoms with van der Waals surface area (Å²) in [6, 6.07) is 0. The van der Waals surface area contributed by atoms with Crippen molar-refractivity contribution in [1.82, 2.24) is 0 Å². The number of esters is 1. The molecule has 47 heavy (non-hydrogen) atoms. The molecule has 0 spiro atoms. The van der Waals surface area contributed by atoms with Gasteiger partial charge in [-0.25, -0.2) is 9.59 Å². The number of primary amides is 1. The summed E-state index contributed by atoms with van der Waals surface area (Å²) in [6.07, 6.45) is 7.55. The molecule has 14 heteroatoms. The number of aliphatic carboxylic acids is 1. The van der Waals surface area contributed by atoms with Crippen LogP contribution in [0.5, 0.6) is 0 Å². The third-order valence-electron chi connectivity index (χ3n) is 7.39. The maximum atomic E-state index is 12.7. The van der Waals surface area contributed by atoms with Gasteiger partial charge in [0.2, 0.25) is 11.6 Å². The van der Waals surface area contributed by atoms with Crippen LogP contribution in [-0.4, -0.2) is 91.3 Å². The Balaban J connectivity index is 2.59. The molecule has 9 atom stereocenters. The van der Waals surface area contributed by atoms with E-state index in [0.717, 1.165) is 5.57 Å². The standard InChI is InChI=1S/C33H45Cl2NO11/c1-4-5-13-26(47-33(36)45)29(35)24(38)18-25(39)31(42)30(41)20(3)22(34)12-8-6-10-19(2)11-7-9-14-28(40)46-27-17-21(32(43)44)15-16-23(27)37/h5-11,13-14,20-27,29,37-39H,4,12,15-18H2,1-3H3,(H2,36,45)(H,43,44)/b8-6+,11-7+,13-5?,14-9+,19-10+. The van der Waals surface area contributed by atoms with E-state index in [9.17, 15) is 39.3 Å². The van der Waals surface area contributed by atoms with Crippen molar-refractivity contribution in [2.45, 2.75) is 101 Å². The lowest BCUT2D eigenvalue weighted by Gasteiger charge is -2.30. The molecule has 0 aromatic rings. The number of hydrogen-bond acceptors (Lipinski definition) is 10. The molecule has 9 unspecified atom stereocenters. The van der Waals surface area contributed by atoms with E-state index in [2.05, 4.69) is 0 Å². The maximum Gasteiger partial charge on any atom is 0.405 e. The fourth-order valence-corrected chi connectivity index (χ4v) is 4.99. The normalized spacial score (nSPS) is 23.0. The summed E-state index contributed by atoms with van der Waals surface area (Å²) >= 11 is 12.5. The average molecular weight is 703 g/mol. The molecular weight excluding hydrogens is 657 g/mol. The number of carboxylic acids is 1. The first-order chi connectivity index (χ1) is 22.1. The number of allylic oxidation sites excluding steroid dienone is 8. The fourth-order valence-electron chi connectivity index (χ4n) is 4.53. The smallest absolute Gasteiger partial charge is 0.405 e. The molecule has 0 radical (unpaired) electrons. The van der Waals surface area contributed by atoms with Crippen LogP contribution in [0.4, 0.5) is 4.79 Å². The van der Waals surface area contributed by atoms with E-state index in [1.54, 1.807) is 43.4 Å². The molecule has 1 saturated carbocycles. The molecule has 1 aliphatic carbocycles. The minimum Gasteiger partial charge on any atom is -0.481 e. The van der Waals surface area contributed by atoms with Gasteiger partial charge in [-0.2, -0.15) is 0 Å². The van der Waals surface area contributed by atoms with Gasteiger partial charge in [-0.15, -0.1) is 23.2 Å². The summed E-state index contributed by atoms with van der Waals surface area (Å²) in [5, 5.41) is 37.9. The Morgan fingerprint density at radius 3 is 2.28 bits per heavy atom.